The minimum absolute atomic E-state index is 0.126. The normalized spacial score (nSPS) is 14.5. The highest BCUT2D eigenvalue weighted by molar-refractivity contribution is 5.94. The number of hydrogen-bond donors (Lipinski definition) is 0. The maximum atomic E-state index is 5.23. The Bertz CT molecular complexity index is 2720. The van der Waals surface area contributed by atoms with E-state index in [-0.39, 0.29) is 10.8 Å². The fraction of sp³-hybridized carbons (Fsp3) is 0.122. The molecule has 0 fully saturated rings. The molecule has 0 spiro atoms. The molecule has 52 heavy (non-hydrogen) atoms. The maximum absolute atomic E-state index is 5.23. The number of aromatic nitrogens is 3. The van der Waals surface area contributed by atoms with Crippen LogP contribution in [0.3, 0.4) is 0 Å². The van der Waals surface area contributed by atoms with Gasteiger partial charge >= 0.3 is 0 Å². The topological polar surface area (TPSA) is 38.7 Å². The molecule has 0 amide bonds. The van der Waals surface area contributed by atoms with Crippen LogP contribution in [0.2, 0.25) is 0 Å². The van der Waals surface area contributed by atoms with E-state index in [0.717, 1.165) is 22.3 Å². The van der Waals surface area contributed by atoms with Crippen LogP contribution in [0.15, 0.2) is 152 Å². The van der Waals surface area contributed by atoms with E-state index in [9.17, 15) is 0 Å². The zero-order valence-electron chi connectivity index (χ0n) is 29.8. The summed E-state index contributed by atoms with van der Waals surface area (Å²) in [7, 11) is 0. The Balaban J connectivity index is 1.12. The van der Waals surface area contributed by atoms with Crippen LogP contribution in [0.4, 0.5) is 0 Å². The van der Waals surface area contributed by atoms with Gasteiger partial charge in [0.1, 0.15) is 0 Å². The Morgan fingerprint density at radius 2 is 0.731 bits per heavy atom. The summed E-state index contributed by atoms with van der Waals surface area (Å²) in [6, 6.07) is 54.6. The molecule has 0 atom stereocenters. The molecule has 3 heteroatoms. The zero-order valence-corrected chi connectivity index (χ0v) is 29.8. The van der Waals surface area contributed by atoms with E-state index in [1.54, 1.807) is 0 Å². The Morgan fingerprint density at radius 3 is 1.38 bits per heavy atom. The smallest absolute Gasteiger partial charge is 0.164 e. The number of hydrogen-bond acceptors (Lipinski definition) is 3. The number of nitrogens with zero attached hydrogens (tertiary/aromatic N) is 3. The van der Waals surface area contributed by atoms with E-state index in [4.69, 9.17) is 15.0 Å². The van der Waals surface area contributed by atoms with Crippen molar-refractivity contribution in [2.45, 2.75) is 38.5 Å². The van der Waals surface area contributed by atoms with Crippen LogP contribution in [0.25, 0.3) is 78.3 Å². The molecule has 10 rings (SSSR count). The van der Waals surface area contributed by atoms with Crippen LogP contribution < -0.4 is 0 Å². The molecule has 2 aliphatic rings. The van der Waals surface area contributed by atoms with E-state index >= 15 is 0 Å². The van der Waals surface area contributed by atoms with Crippen LogP contribution in [-0.2, 0) is 10.8 Å². The van der Waals surface area contributed by atoms with Gasteiger partial charge in [0, 0.05) is 27.5 Å². The van der Waals surface area contributed by atoms with Gasteiger partial charge in [-0.15, -0.1) is 0 Å². The van der Waals surface area contributed by atoms with Gasteiger partial charge in [0.2, 0.25) is 0 Å². The average Bonchev–Trinajstić information content (AvgIpc) is 3.55. The molecule has 8 aromatic rings. The standard InChI is InChI=1S/C49H37N3/c1-48(2)41-17-11-10-16-37(41)38-24-22-35(28-42(38)48)46-50-45(32-20-18-31(19-21-32)30-12-6-5-7-13-30)51-47(52-46)36-23-25-39-40-26-33-14-8-9-15-34(33)27-44(40)49(3,4)43(39)29-36/h5-29H,1-4H3. The van der Waals surface area contributed by atoms with Crippen LogP contribution in [0, 0.1) is 0 Å². The highest BCUT2D eigenvalue weighted by Gasteiger charge is 2.37. The molecule has 1 aromatic heterocycles. The Morgan fingerprint density at radius 1 is 0.308 bits per heavy atom. The molecule has 0 unspecified atom stereocenters. The fourth-order valence-electron chi connectivity index (χ4n) is 8.61. The van der Waals surface area contributed by atoms with Gasteiger partial charge in [0.05, 0.1) is 0 Å². The minimum Gasteiger partial charge on any atom is -0.208 e. The van der Waals surface area contributed by atoms with E-state index in [2.05, 4.69) is 173 Å². The summed E-state index contributed by atoms with van der Waals surface area (Å²) in [6.45, 7) is 9.29. The van der Waals surface area contributed by atoms with Crippen molar-refractivity contribution in [2.24, 2.45) is 0 Å². The fourth-order valence-corrected chi connectivity index (χ4v) is 8.61. The molecule has 0 saturated carbocycles. The number of benzene rings is 7. The van der Waals surface area contributed by atoms with Crippen molar-refractivity contribution in [3.8, 4) is 67.5 Å². The summed E-state index contributed by atoms with van der Waals surface area (Å²) in [5.41, 5.74) is 15.5. The molecule has 0 aliphatic heterocycles. The third kappa shape index (κ3) is 4.62. The van der Waals surface area contributed by atoms with Gasteiger partial charge in [-0.05, 0) is 90.7 Å². The van der Waals surface area contributed by atoms with E-state index in [1.807, 2.05) is 6.07 Å². The van der Waals surface area contributed by atoms with Gasteiger partial charge in [0.15, 0.2) is 17.5 Å². The molecule has 248 valence electrons. The second-order valence-corrected chi connectivity index (χ2v) is 15.3. The summed E-state index contributed by atoms with van der Waals surface area (Å²) in [4.78, 5) is 15.6. The predicted octanol–water partition coefficient (Wildman–Crippen LogP) is 12.3. The lowest BCUT2D eigenvalue weighted by atomic mass is 9.81. The minimum atomic E-state index is -0.169. The molecule has 0 radical (unpaired) electrons. The van der Waals surface area contributed by atoms with Crippen molar-refractivity contribution < 1.29 is 0 Å². The molecule has 7 aromatic carbocycles. The first kappa shape index (κ1) is 30.6. The molecule has 2 aliphatic carbocycles. The average molecular weight is 668 g/mol. The third-order valence-electron chi connectivity index (χ3n) is 11.5. The van der Waals surface area contributed by atoms with Gasteiger partial charge in [0.25, 0.3) is 0 Å². The van der Waals surface area contributed by atoms with Gasteiger partial charge in [-0.1, -0.05) is 155 Å². The first-order valence-corrected chi connectivity index (χ1v) is 18.1. The molecule has 1 heterocycles. The lowest BCUT2D eigenvalue weighted by molar-refractivity contribution is 0.660. The van der Waals surface area contributed by atoms with Crippen LogP contribution in [0.5, 0.6) is 0 Å². The largest absolute Gasteiger partial charge is 0.208 e. The second kappa shape index (κ2) is 11.2. The summed E-state index contributed by atoms with van der Waals surface area (Å²) >= 11 is 0. The highest BCUT2D eigenvalue weighted by Crippen LogP contribution is 2.51. The lowest BCUT2D eigenvalue weighted by Crippen LogP contribution is -2.15. The van der Waals surface area contributed by atoms with Crippen LogP contribution >= 0.6 is 0 Å². The quantitative estimate of drug-likeness (QED) is 0.187. The zero-order chi connectivity index (χ0) is 35.2. The van der Waals surface area contributed by atoms with Crippen molar-refractivity contribution in [1.82, 2.24) is 15.0 Å². The summed E-state index contributed by atoms with van der Waals surface area (Å²) in [5, 5.41) is 2.53. The van der Waals surface area contributed by atoms with Crippen molar-refractivity contribution >= 4 is 10.8 Å². The van der Waals surface area contributed by atoms with Gasteiger partial charge in [-0.25, -0.2) is 15.0 Å². The third-order valence-corrected chi connectivity index (χ3v) is 11.5. The molecule has 0 bridgehead atoms. The summed E-state index contributed by atoms with van der Waals surface area (Å²) in [6.07, 6.45) is 0. The van der Waals surface area contributed by atoms with E-state index < -0.39 is 0 Å². The Hall–Kier alpha value is -6.19. The first-order chi connectivity index (χ1) is 25.3. The molecule has 0 N–H and O–H groups in total. The van der Waals surface area contributed by atoms with Gasteiger partial charge in [-0.3, -0.25) is 0 Å². The van der Waals surface area contributed by atoms with Gasteiger partial charge < -0.3 is 0 Å². The van der Waals surface area contributed by atoms with Gasteiger partial charge in [-0.2, -0.15) is 0 Å². The summed E-state index contributed by atoms with van der Waals surface area (Å²) < 4.78 is 0. The Kier molecular flexibility index (Phi) is 6.57. The second-order valence-electron chi connectivity index (χ2n) is 15.3. The predicted molar refractivity (Wildman–Crippen MR) is 214 cm³/mol. The van der Waals surface area contributed by atoms with E-state index in [0.29, 0.717) is 17.5 Å². The van der Waals surface area contributed by atoms with Crippen molar-refractivity contribution in [2.75, 3.05) is 0 Å². The van der Waals surface area contributed by atoms with Crippen LogP contribution in [0.1, 0.15) is 49.9 Å². The molecular weight excluding hydrogens is 631 g/mol. The van der Waals surface area contributed by atoms with Crippen molar-refractivity contribution in [1.29, 1.82) is 0 Å². The molecule has 0 saturated heterocycles. The maximum Gasteiger partial charge on any atom is 0.164 e. The first-order valence-electron chi connectivity index (χ1n) is 18.1. The molecular formula is C49H37N3. The van der Waals surface area contributed by atoms with Crippen molar-refractivity contribution in [3.05, 3.63) is 174 Å². The highest BCUT2D eigenvalue weighted by atomic mass is 15.0. The summed E-state index contributed by atoms with van der Waals surface area (Å²) in [5.74, 6) is 2.02. The number of rotatable bonds is 4. The Labute approximate surface area is 304 Å². The SMILES string of the molecule is CC1(C)c2ccccc2-c2ccc(-c3nc(-c4ccc(-c5ccccc5)cc4)nc(-c4ccc5c(c4)C(C)(C)c4cc6ccccc6cc4-5)n3)cc21. The van der Waals surface area contributed by atoms with Crippen molar-refractivity contribution in [3.63, 3.8) is 0 Å². The van der Waals surface area contributed by atoms with Crippen LogP contribution in [-0.4, -0.2) is 15.0 Å². The number of fused-ring (bicyclic) bond motifs is 7. The monoisotopic (exact) mass is 667 g/mol. The van der Waals surface area contributed by atoms with E-state index in [1.165, 1.54) is 60.8 Å². The lowest BCUT2D eigenvalue weighted by Gasteiger charge is -2.22. The molecule has 3 nitrogen and oxygen atoms in total.